The Bertz CT molecular complexity index is 850. The highest BCUT2D eigenvalue weighted by molar-refractivity contribution is 7.89. The maximum absolute atomic E-state index is 13.0. The molecular weight excluding hydrogens is 339 g/mol. The minimum Gasteiger partial charge on any atom is -0.371 e. The Morgan fingerprint density at radius 2 is 1.84 bits per heavy atom. The molecule has 1 aliphatic heterocycles. The lowest BCUT2D eigenvalue weighted by Gasteiger charge is -2.19. The monoisotopic (exact) mass is 362 g/mol. The summed E-state index contributed by atoms with van der Waals surface area (Å²) in [5, 5.41) is 0. The van der Waals surface area contributed by atoms with Crippen LogP contribution in [0.15, 0.2) is 47.4 Å². The minimum atomic E-state index is -3.49. The topological polar surface area (TPSA) is 49.4 Å². The van der Waals surface area contributed by atoms with Crippen molar-refractivity contribution >= 4 is 15.7 Å². The van der Waals surface area contributed by atoms with Crippen molar-refractivity contribution in [3.8, 4) is 0 Å². The number of nitrogens with zero attached hydrogens (tertiary/aromatic N) is 1. The molecule has 0 radical (unpaired) electrons. The van der Waals surface area contributed by atoms with Crippen LogP contribution >= 0.6 is 0 Å². The van der Waals surface area contributed by atoms with E-state index in [2.05, 4.69) is 9.62 Å². The van der Waals surface area contributed by atoms with E-state index < -0.39 is 10.0 Å². The number of benzene rings is 2. The van der Waals surface area contributed by atoms with Crippen LogP contribution < -0.4 is 9.62 Å². The average molecular weight is 362 g/mol. The van der Waals surface area contributed by atoms with Gasteiger partial charge in [-0.15, -0.1) is 0 Å². The summed E-state index contributed by atoms with van der Waals surface area (Å²) in [7, 11) is -3.49. The van der Waals surface area contributed by atoms with Gasteiger partial charge in [-0.1, -0.05) is 6.07 Å². The number of sulfonamides is 1. The summed E-state index contributed by atoms with van der Waals surface area (Å²) in [4.78, 5) is 2.47. The van der Waals surface area contributed by atoms with Crippen LogP contribution in [0.4, 0.5) is 10.1 Å². The Kier molecular flexibility index (Phi) is 5.11. The second-order valence-corrected chi connectivity index (χ2v) is 8.44. The van der Waals surface area contributed by atoms with Crippen LogP contribution in [0.1, 0.15) is 17.5 Å². The van der Waals surface area contributed by atoms with Gasteiger partial charge in [-0.25, -0.2) is 17.5 Å². The van der Waals surface area contributed by atoms with Crippen molar-refractivity contribution < 1.29 is 12.8 Å². The summed E-state index contributed by atoms with van der Waals surface area (Å²) < 4.78 is 40.7. The van der Waals surface area contributed by atoms with Crippen molar-refractivity contribution in [2.24, 2.45) is 5.92 Å². The smallest absolute Gasteiger partial charge is 0.240 e. The van der Waals surface area contributed by atoms with E-state index in [1.807, 2.05) is 19.9 Å². The predicted molar refractivity (Wildman–Crippen MR) is 97.8 cm³/mol. The van der Waals surface area contributed by atoms with E-state index in [4.69, 9.17) is 0 Å². The van der Waals surface area contributed by atoms with Crippen molar-refractivity contribution in [1.29, 1.82) is 0 Å². The molecule has 3 rings (SSSR count). The van der Waals surface area contributed by atoms with Crippen molar-refractivity contribution in [1.82, 2.24) is 4.72 Å². The second kappa shape index (κ2) is 7.14. The van der Waals surface area contributed by atoms with Crippen molar-refractivity contribution in [3.63, 3.8) is 0 Å². The lowest BCUT2D eigenvalue weighted by Crippen LogP contribution is -2.31. The van der Waals surface area contributed by atoms with Gasteiger partial charge >= 0.3 is 0 Å². The van der Waals surface area contributed by atoms with E-state index >= 15 is 0 Å². The summed E-state index contributed by atoms with van der Waals surface area (Å²) in [6.07, 6.45) is 0.910. The maximum atomic E-state index is 13.0. The molecule has 0 amide bonds. The summed E-state index contributed by atoms with van der Waals surface area (Å²) >= 11 is 0. The molecule has 0 saturated carbocycles. The van der Waals surface area contributed by atoms with Gasteiger partial charge in [-0.05, 0) is 73.7 Å². The SMILES string of the molecule is Cc1ccc(S(=O)(=O)NCC2CCN(c3ccc(F)cc3)C2)cc1C. The Balaban J connectivity index is 1.60. The predicted octanol–water partition coefficient (Wildman–Crippen LogP) is 3.25. The summed E-state index contributed by atoms with van der Waals surface area (Å²) in [5.41, 5.74) is 3.01. The third-order valence-electron chi connectivity index (χ3n) is 4.83. The highest BCUT2D eigenvalue weighted by Crippen LogP contribution is 2.24. The van der Waals surface area contributed by atoms with E-state index in [1.54, 1.807) is 24.3 Å². The zero-order valence-corrected chi connectivity index (χ0v) is 15.3. The van der Waals surface area contributed by atoms with Gasteiger partial charge in [0.15, 0.2) is 0 Å². The molecule has 25 heavy (non-hydrogen) atoms. The molecule has 0 spiro atoms. The molecule has 1 atom stereocenters. The first-order valence-corrected chi connectivity index (χ1v) is 9.91. The van der Waals surface area contributed by atoms with Crippen LogP contribution in [0.25, 0.3) is 0 Å². The van der Waals surface area contributed by atoms with Crippen LogP contribution in [0.5, 0.6) is 0 Å². The Morgan fingerprint density at radius 1 is 1.12 bits per heavy atom. The molecular formula is C19H23FN2O2S. The Morgan fingerprint density at radius 3 is 2.52 bits per heavy atom. The lowest BCUT2D eigenvalue weighted by atomic mass is 10.1. The van der Waals surface area contributed by atoms with Gasteiger partial charge in [0, 0.05) is 25.3 Å². The molecule has 6 heteroatoms. The van der Waals surface area contributed by atoms with Gasteiger partial charge in [0.1, 0.15) is 5.82 Å². The normalized spacial score (nSPS) is 17.9. The van der Waals surface area contributed by atoms with Crippen molar-refractivity contribution in [2.45, 2.75) is 25.2 Å². The van der Waals surface area contributed by atoms with Crippen LogP contribution in [0.3, 0.4) is 0 Å². The Hall–Kier alpha value is -1.92. The first kappa shape index (κ1) is 17.9. The Labute approximate surface area is 148 Å². The van der Waals surface area contributed by atoms with Gasteiger partial charge in [-0.2, -0.15) is 0 Å². The van der Waals surface area contributed by atoms with E-state index in [0.717, 1.165) is 36.3 Å². The van der Waals surface area contributed by atoms with Crippen LogP contribution in [-0.2, 0) is 10.0 Å². The van der Waals surface area contributed by atoms with Crippen molar-refractivity contribution in [3.05, 3.63) is 59.4 Å². The summed E-state index contributed by atoms with van der Waals surface area (Å²) in [5.74, 6) is -0.00739. The third kappa shape index (κ3) is 4.19. The lowest BCUT2D eigenvalue weighted by molar-refractivity contribution is 0.541. The van der Waals surface area contributed by atoms with E-state index in [0.29, 0.717) is 11.4 Å². The van der Waals surface area contributed by atoms with Gasteiger partial charge in [-0.3, -0.25) is 0 Å². The zero-order chi connectivity index (χ0) is 18.0. The fraction of sp³-hybridized carbons (Fsp3) is 0.368. The van der Waals surface area contributed by atoms with Crippen LogP contribution in [0, 0.1) is 25.6 Å². The molecule has 2 aromatic rings. The molecule has 1 saturated heterocycles. The van der Waals surface area contributed by atoms with Gasteiger partial charge in [0.2, 0.25) is 10.0 Å². The number of anilines is 1. The van der Waals surface area contributed by atoms with Gasteiger partial charge in [0.05, 0.1) is 4.90 Å². The number of hydrogen-bond acceptors (Lipinski definition) is 3. The van der Waals surface area contributed by atoms with E-state index in [-0.39, 0.29) is 11.7 Å². The third-order valence-corrected chi connectivity index (χ3v) is 6.25. The number of hydrogen-bond donors (Lipinski definition) is 1. The molecule has 1 N–H and O–H groups in total. The fourth-order valence-corrected chi connectivity index (χ4v) is 4.28. The summed E-state index contributed by atoms with van der Waals surface area (Å²) in [6, 6.07) is 11.6. The highest BCUT2D eigenvalue weighted by Gasteiger charge is 2.25. The zero-order valence-electron chi connectivity index (χ0n) is 14.5. The molecule has 1 fully saturated rings. The first-order chi connectivity index (χ1) is 11.8. The van der Waals surface area contributed by atoms with Crippen LogP contribution in [-0.4, -0.2) is 28.1 Å². The number of nitrogens with one attached hydrogen (secondary N) is 1. The molecule has 0 aromatic heterocycles. The molecule has 134 valence electrons. The van der Waals surface area contributed by atoms with Gasteiger partial charge < -0.3 is 4.90 Å². The van der Waals surface area contributed by atoms with Gasteiger partial charge in [0.25, 0.3) is 0 Å². The largest absolute Gasteiger partial charge is 0.371 e. The van der Waals surface area contributed by atoms with E-state index in [9.17, 15) is 12.8 Å². The average Bonchev–Trinajstić information content (AvgIpc) is 3.05. The molecule has 0 bridgehead atoms. The second-order valence-electron chi connectivity index (χ2n) is 6.68. The molecule has 2 aromatic carbocycles. The minimum absolute atomic E-state index is 0.242. The maximum Gasteiger partial charge on any atom is 0.240 e. The molecule has 1 unspecified atom stereocenters. The highest BCUT2D eigenvalue weighted by atomic mass is 32.2. The summed E-state index contributed by atoms with van der Waals surface area (Å²) in [6.45, 7) is 5.89. The fourth-order valence-electron chi connectivity index (χ4n) is 3.08. The molecule has 1 heterocycles. The molecule has 4 nitrogen and oxygen atoms in total. The number of rotatable bonds is 5. The van der Waals surface area contributed by atoms with E-state index in [1.165, 1.54) is 12.1 Å². The molecule has 1 aliphatic rings. The van der Waals surface area contributed by atoms with Crippen molar-refractivity contribution in [2.75, 3.05) is 24.5 Å². The standard InChI is InChI=1S/C19H23FN2O2S/c1-14-3-8-19(11-15(14)2)25(23,24)21-12-16-9-10-22(13-16)18-6-4-17(20)5-7-18/h3-8,11,16,21H,9-10,12-13H2,1-2H3. The number of halogens is 1. The first-order valence-electron chi connectivity index (χ1n) is 8.42. The molecule has 0 aliphatic carbocycles. The quantitative estimate of drug-likeness (QED) is 0.888. The number of aryl methyl sites for hydroxylation is 2. The van der Waals surface area contributed by atoms with Crippen LogP contribution in [0.2, 0.25) is 0 Å².